The maximum Gasteiger partial charge on any atom is 0.220 e. The first-order valence-electron chi connectivity index (χ1n) is 7.45. The minimum atomic E-state index is -0.179. The second kappa shape index (κ2) is 10.3. The number of benzene rings is 2. The summed E-state index contributed by atoms with van der Waals surface area (Å²) in [5.74, 6) is 0.0454. The van der Waals surface area contributed by atoms with Crippen molar-refractivity contribution in [2.24, 2.45) is 0 Å². The minimum Gasteiger partial charge on any atom is -0.345 e. The molecule has 0 aliphatic rings. The molecular formula is C18H22Cl2N2O. The standard InChI is InChI=1S/C18H21ClN2O.ClH/c1-20-12-6-11-17(22)21-18(14-7-3-2-4-8-14)15-9-5-10-16(19)13-15;/h2-5,7-10,13,18,20H,6,11-12H2,1H3,(H,21,22);1H. The van der Waals surface area contributed by atoms with Crippen LogP contribution in [0.1, 0.15) is 30.0 Å². The van der Waals surface area contributed by atoms with Crippen LogP contribution in [-0.2, 0) is 4.79 Å². The predicted molar refractivity (Wildman–Crippen MR) is 98.3 cm³/mol. The van der Waals surface area contributed by atoms with Crippen LogP contribution in [0.4, 0.5) is 0 Å². The van der Waals surface area contributed by atoms with Crippen LogP contribution in [0.25, 0.3) is 0 Å². The molecule has 0 spiro atoms. The van der Waals surface area contributed by atoms with Gasteiger partial charge in [0.25, 0.3) is 0 Å². The Morgan fingerprint density at radius 2 is 1.78 bits per heavy atom. The maximum absolute atomic E-state index is 12.2. The monoisotopic (exact) mass is 352 g/mol. The summed E-state index contributed by atoms with van der Waals surface area (Å²) in [6, 6.07) is 17.4. The van der Waals surface area contributed by atoms with Gasteiger partial charge in [-0.15, -0.1) is 12.4 Å². The van der Waals surface area contributed by atoms with Gasteiger partial charge in [-0.2, -0.15) is 0 Å². The number of halogens is 2. The first-order chi connectivity index (χ1) is 10.7. The van der Waals surface area contributed by atoms with Crippen LogP contribution in [0, 0.1) is 0 Å². The molecule has 0 bridgehead atoms. The quantitative estimate of drug-likeness (QED) is 0.740. The van der Waals surface area contributed by atoms with Crippen LogP contribution in [0.5, 0.6) is 0 Å². The normalized spacial score (nSPS) is 11.4. The van der Waals surface area contributed by atoms with E-state index in [1.165, 1.54) is 0 Å². The first kappa shape index (κ1) is 19.5. The van der Waals surface area contributed by atoms with Crippen molar-refractivity contribution < 1.29 is 4.79 Å². The molecule has 0 aliphatic heterocycles. The SMILES string of the molecule is CNCCCC(=O)NC(c1ccccc1)c1cccc(Cl)c1.Cl. The topological polar surface area (TPSA) is 41.1 Å². The van der Waals surface area contributed by atoms with Gasteiger partial charge in [0.05, 0.1) is 6.04 Å². The van der Waals surface area contributed by atoms with Gasteiger partial charge in [-0.05, 0) is 43.3 Å². The molecule has 0 aromatic heterocycles. The molecule has 0 aliphatic carbocycles. The van der Waals surface area contributed by atoms with Crippen molar-refractivity contribution in [1.82, 2.24) is 10.6 Å². The highest BCUT2D eigenvalue weighted by Crippen LogP contribution is 2.24. The van der Waals surface area contributed by atoms with Gasteiger partial charge in [0.1, 0.15) is 0 Å². The van der Waals surface area contributed by atoms with Gasteiger partial charge in [-0.25, -0.2) is 0 Å². The highest BCUT2D eigenvalue weighted by atomic mass is 35.5. The molecule has 2 rings (SSSR count). The molecule has 23 heavy (non-hydrogen) atoms. The van der Waals surface area contributed by atoms with Gasteiger partial charge in [0, 0.05) is 11.4 Å². The van der Waals surface area contributed by atoms with Crippen LogP contribution in [0.15, 0.2) is 54.6 Å². The van der Waals surface area contributed by atoms with E-state index >= 15 is 0 Å². The van der Waals surface area contributed by atoms with Crippen molar-refractivity contribution in [1.29, 1.82) is 0 Å². The highest BCUT2D eigenvalue weighted by molar-refractivity contribution is 6.30. The van der Waals surface area contributed by atoms with Crippen LogP contribution >= 0.6 is 24.0 Å². The number of carbonyl (C=O) groups excluding carboxylic acids is 1. The fourth-order valence-electron chi connectivity index (χ4n) is 2.35. The molecule has 3 nitrogen and oxygen atoms in total. The molecule has 5 heteroatoms. The molecule has 1 atom stereocenters. The number of hydrogen-bond donors (Lipinski definition) is 2. The Morgan fingerprint density at radius 3 is 2.43 bits per heavy atom. The average molecular weight is 353 g/mol. The third kappa shape index (κ3) is 6.22. The summed E-state index contributed by atoms with van der Waals surface area (Å²) in [4.78, 5) is 12.2. The summed E-state index contributed by atoms with van der Waals surface area (Å²) in [5.41, 5.74) is 2.03. The predicted octanol–water partition coefficient (Wildman–Crippen LogP) is 3.97. The number of rotatable bonds is 7. The summed E-state index contributed by atoms with van der Waals surface area (Å²) in [6.07, 6.45) is 1.32. The summed E-state index contributed by atoms with van der Waals surface area (Å²) in [7, 11) is 1.89. The summed E-state index contributed by atoms with van der Waals surface area (Å²) in [6.45, 7) is 0.834. The van der Waals surface area contributed by atoms with Gasteiger partial charge < -0.3 is 10.6 Å². The van der Waals surface area contributed by atoms with Gasteiger partial charge in [0.15, 0.2) is 0 Å². The average Bonchev–Trinajstić information content (AvgIpc) is 2.54. The van der Waals surface area contributed by atoms with Crippen molar-refractivity contribution in [2.75, 3.05) is 13.6 Å². The highest BCUT2D eigenvalue weighted by Gasteiger charge is 2.16. The van der Waals surface area contributed by atoms with Crippen molar-refractivity contribution in [3.8, 4) is 0 Å². The number of carbonyl (C=O) groups is 1. The van der Waals surface area contributed by atoms with Crippen LogP contribution in [0.3, 0.4) is 0 Å². The van der Waals surface area contributed by atoms with Crippen LogP contribution in [-0.4, -0.2) is 19.5 Å². The van der Waals surface area contributed by atoms with E-state index < -0.39 is 0 Å². The van der Waals surface area contributed by atoms with Gasteiger partial charge >= 0.3 is 0 Å². The van der Waals surface area contributed by atoms with Crippen LogP contribution < -0.4 is 10.6 Å². The Hall–Kier alpha value is -1.55. The Kier molecular flexibility index (Phi) is 8.70. The number of nitrogens with one attached hydrogen (secondary N) is 2. The molecule has 2 aromatic carbocycles. The zero-order valence-electron chi connectivity index (χ0n) is 13.1. The minimum absolute atomic E-state index is 0. The zero-order chi connectivity index (χ0) is 15.8. The summed E-state index contributed by atoms with van der Waals surface area (Å²) < 4.78 is 0. The second-order valence-corrected chi connectivity index (χ2v) is 5.61. The Labute approximate surface area is 148 Å². The Bertz CT molecular complexity index is 605. The number of hydrogen-bond acceptors (Lipinski definition) is 2. The number of amides is 1. The van der Waals surface area contributed by atoms with Gasteiger partial charge in [-0.3, -0.25) is 4.79 Å². The van der Waals surface area contributed by atoms with E-state index in [9.17, 15) is 4.79 Å². The molecule has 0 saturated heterocycles. The van der Waals surface area contributed by atoms with Crippen molar-refractivity contribution >= 4 is 29.9 Å². The van der Waals surface area contributed by atoms with Gasteiger partial charge in [-0.1, -0.05) is 54.1 Å². The van der Waals surface area contributed by atoms with Crippen molar-refractivity contribution in [3.05, 3.63) is 70.7 Å². The molecular weight excluding hydrogens is 331 g/mol. The van der Waals surface area contributed by atoms with Crippen LogP contribution in [0.2, 0.25) is 5.02 Å². The van der Waals surface area contributed by atoms with E-state index in [2.05, 4.69) is 10.6 Å². The third-order valence-corrected chi connectivity index (χ3v) is 3.69. The van der Waals surface area contributed by atoms with E-state index in [4.69, 9.17) is 11.6 Å². The van der Waals surface area contributed by atoms with Crippen molar-refractivity contribution in [2.45, 2.75) is 18.9 Å². The lowest BCUT2D eigenvalue weighted by Crippen LogP contribution is -2.29. The largest absolute Gasteiger partial charge is 0.345 e. The Balaban J connectivity index is 0.00000264. The van der Waals surface area contributed by atoms with E-state index in [1.54, 1.807) is 0 Å². The van der Waals surface area contributed by atoms with E-state index in [0.29, 0.717) is 11.4 Å². The molecule has 2 N–H and O–H groups in total. The molecule has 0 fully saturated rings. The first-order valence-corrected chi connectivity index (χ1v) is 7.83. The van der Waals surface area contributed by atoms with Crippen molar-refractivity contribution in [3.63, 3.8) is 0 Å². The molecule has 1 amide bonds. The lowest BCUT2D eigenvalue weighted by molar-refractivity contribution is -0.121. The Morgan fingerprint density at radius 1 is 1.09 bits per heavy atom. The summed E-state index contributed by atoms with van der Waals surface area (Å²) in [5, 5.41) is 6.83. The molecule has 0 radical (unpaired) electrons. The fraction of sp³-hybridized carbons (Fsp3) is 0.278. The lowest BCUT2D eigenvalue weighted by Gasteiger charge is -2.20. The second-order valence-electron chi connectivity index (χ2n) is 5.17. The molecule has 1 unspecified atom stereocenters. The zero-order valence-corrected chi connectivity index (χ0v) is 14.7. The smallest absolute Gasteiger partial charge is 0.220 e. The van der Waals surface area contributed by atoms with Gasteiger partial charge in [0.2, 0.25) is 5.91 Å². The van der Waals surface area contributed by atoms with E-state index in [0.717, 1.165) is 24.1 Å². The molecule has 0 heterocycles. The molecule has 124 valence electrons. The van der Waals surface area contributed by atoms with E-state index in [-0.39, 0.29) is 24.4 Å². The maximum atomic E-state index is 12.2. The molecule has 2 aromatic rings. The third-order valence-electron chi connectivity index (χ3n) is 3.45. The lowest BCUT2D eigenvalue weighted by atomic mass is 9.98. The fourth-order valence-corrected chi connectivity index (χ4v) is 2.55. The summed E-state index contributed by atoms with van der Waals surface area (Å²) >= 11 is 6.09. The molecule has 0 saturated carbocycles. The van der Waals surface area contributed by atoms with E-state index in [1.807, 2.05) is 61.6 Å².